The molecule has 0 saturated heterocycles. The monoisotopic (exact) mass is 450 g/mol. The summed E-state index contributed by atoms with van der Waals surface area (Å²) in [5.74, 6) is 0. The second-order valence-corrected chi connectivity index (χ2v) is 7.01. The van der Waals surface area contributed by atoms with Crippen LogP contribution in [-0.4, -0.2) is 5.11 Å². The predicted octanol–water partition coefficient (Wildman–Crippen LogP) is 5.41. The van der Waals surface area contributed by atoms with Gasteiger partial charge in [-0.25, -0.2) is 0 Å². The first-order valence-corrected chi connectivity index (χ1v) is 8.04. The second-order valence-electron chi connectivity index (χ2n) is 4.53. The lowest BCUT2D eigenvalue weighted by Crippen LogP contribution is -2.04. The molecule has 0 heterocycles. The van der Waals surface area contributed by atoms with Crippen molar-refractivity contribution < 1.29 is 5.11 Å². The molecule has 1 atom stereocenters. The Morgan fingerprint density at radius 1 is 1.11 bits per heavy atom. The van der Waals surface area contributed by atoms with E-state index in [9.17, 15) is 5.11 Å². The topological polar surface area (TPSA) is 20.2 Å². The third-order valence-corrected chi connectivity index (χ3v) is 4.96. The van der Waals surface area contributed by atoms with Gasteiger partial charge in [-0.3, -0.25) is 0 Å². The van der Waals surface area contributed by atoms with Crippen LogP contribution in [0.2, 0.25) is 5.02 Å². The Hall–Kier alpha value is -0.100. The zero-order valence-corrected chi connectivity index (χ0v) is 15.0. The van der Waals surface area contributed by atoms with Gasteiger partial charge >= 0.3 is 0 Å². The zero-order valence-electron chi connectivity index (χ0n) is 10.5. The van der Waals surface area contributed by atoms with Crippen molar-refractivity contribution in [2.75, 3.05) is 0 Å². The summed E-state index contributed by atoms with van der Waals surface area (Å²) in [6.07, 6.45) is -0.712. The van der Waals surface area contributed by atoms with Gasteiger partial charge in [0.1, 0.15) is 6.10 Å². The normalized spacial score (nSPS) is 12.5. The van der Waals surface area contributed by atoms with Gasteiger partial charge in [-0.2, -0.15) is 0 Å². The van der Waals surface area contributed by atoms with Gasteiger partial charge in [0.25, 0.3) is 0 Å². The van der Waals surface area contributed by atoms with Crippen LogP contribution in [-0.2, 0) is 0 Å². The summed E-state index contributed by atoms with van der Waals surface area (Å²) < 4.78 is 1.96. The first-order chi connectivity index (χ1) is 8.90. The van der Waals surface area contributed by atoms with E-state index in [4.69, 9.17) is 11.6 Å². The van der Waals surface area contributed by atoms with Gasteiger partial charge in [-0.05, 0) is 77.4 Å². The van der Waals surface area contributed by atoms with Gasteiger partial charge in [-0.15, -0.1) is 0 Å². The van der Waals surface area contributed by atoms with Crippen molar-refractivity contribution in [2.45, 2.75) is 20.0 Å². The average molecular weight is 452 g/mol. The molecule has 2 aromatic rings. The van der Waals surface area contributed by atoms with Crippen LogP contribution in [0.5, 0.6) is 0 Å². The van der Waals surface area contributed by atoms with Gasteiger partial charge in [0.15, 0.2) is 0 Å². The minimum absolute atomic E-state index is 0.603. The average Bonchev–Trinajstić information content (AvgIpc) is 2.36. The number of benzene rings is 2. The second kappa shape index (κ2) is 6.12. The maximum atomic E-state index is 10.6. The van der Waals surface area contributed by atoms with E-state index in [2.05, 4.69) is 38.5 Å². The van der Waals surface area contributed by atoms with Crippen molar-refractivity contribution in [1.82, 2.24) is 0 Å². The Morgan fingerprint density at radius 3 is 2.42 bits per heavy atom. The number of hydrogen-bond acceptors (Lipinski definition) is 1. The van der Waals surface area contributed by atoms with Gasteiger partial charge in [0.2, 0.25) is 0 Å². The molecule has 0 spiro atoms. The highest BCUT2D eigenvalue weighted by atomic mass is 127. The Morgan fingerprint density at radius 2 is 1.74 bits per heavy atom. The largest absolute Gasteiger partial charge is 0.384 e. The number of rotatable bonds is 2. The molecule has 0 saturated carbocycles. The molecule has 0 aromatic heterocycles. The Labute approximate surface area is 140 Å². The molecule has 0 amide bonds. The van der Waals surface area contributed by atoms with Crippen molar-refractivity contribution in [3.63, 3.8) is 0 Å². The Bertz CT molecular complexity index is 628. The summed E-state index contributed by atoms with van der Waals surface area (Å²) >= 11 is 11.9. The molecule has 2 aromatic carbocycles. The molecular formula is C15H13BrClIO. The molecular weight excluding hydrogens is 438 g/mol. The number of halogens is 3. The van der Waals surface area contributed by atoms with Crippen LogP contribution in [0.4, 0.5) is 0 Å². The Balaban J connectivity index is 2.52. The molecule has 0 aliphatic heterocycles. The van der Waals surface area contributed by atoms with Crippen LogP contribution < -0.4 is 0 Å². The van der Waals surface area contributed by atoms with Crippen LogP contribution >= 0.6 is 50.1 Å². The van der Waals surface area contributed by atoms with Gasteiger partial charge < -0.3 is 5.11 Å². The number of aliphatic hydroxyl groups is 1. The van der Waals surface area contributed by atoms with Crippen LogP contribution in [0.3, 0.4) is 0 Å². The fourth-order valence-electron chi connectivity index (χ4n) is 1.90. The molecule has 0 aliphatic carbocycles. The first-order valence-electron chi connectivity index (χ1n) is 5.80. The summed E-state index contributed by atoms with van der Waals surface area (Å²) in [6, 6.07) is 9.72. The fraction of sp³-hybridized carbons (Fsp3) is 0.200. The third kappa shape index (κ3) is 3.32. The molecule has 0 aliphatic rings. The molecule has 1 nitrogen and oxygen atoms in total. The van der Waals surface area contributed by atoms with E-state index in [1.54, 1.807) is 0 Å². The SMILES string of the molecule is Cc1cc(Cl)c(C(O)c2cc(Br)ccc2I)cc1C. The zero-order chi connectivity index (χ0) is 14.2. The van der Waals surface area contributed by atoms with Crippen LogP contribution in [0, 0.1) is 17.4 Å². The fourth-order valence-corrected chi connectivity index (χ4v) is 3.24. The highest BCUT2D eigenvalue weighted by Gasteiger charge is 2.17. The lowest BCUT2D eigenvalue weighted by Gasteiger charge is -2.17. The van der Waals surface area contributed by atoms with Crippen molar-refractivity contribution in [2.24, 2.45) is 0 Å². The number of hydrogen-bond donors (Lipinski definition) is 1. The van der Waals surface area contributed by atoms with Gasteiger partial charge in [0, 0.05) is 18.6 Å². The molecule has 4 heteroatoms. The van der Waals surface area contributed by atoms with E-state index >= 15 is 0 Å². The lowest BCUT2D eigenvalue weighted by atomic mass is 9.98. The molecule has 0 fully saturated rings. The maximum absolute atomic E-state index is 10.6. The molecule has 2 rings (SSSR count). The smallest absolute Gasteiger partial charge is 0.107 e. The maximum Gasteiger partial charge on any atom is 0.107 e. The standard InChI is InChI=1S/C15H13BrClIO/c1-8-5-11(13(17)6-9(8)2)15(19)12-7-10(16)3-4-14(12)18/h3-7,15,19H,1-2H3. The molecule has 19 heavy (non-hydrogen) atoms. The lowest BCUT2D eigenvalue weighted by molar-refractivity contribution is 0.219. The van der Waals surface area contributed by atoms with E-state index in [1.165, 1.54) is 0 Å². The highest BCUT2D eigenvalue weighted by molar-refractivity contribution is 14.1. The Kier molecular flexibility index (Phi) is 4.93. The van der Waals surface area contributed by atoms with Gasteiger partial charge in [-0.1, -0.05) is 33.6 Å². The van der Waals surface area contributed by atoms with Crippen molar-refractivity contribution in [3.8, 4) is 0 Å². The quantitative estimate of drug-likeness (QED) is 0.606. The molecule has 100 valence electrons. The van der Waals surface area contributed by atoms with Crippen molar-refractivity contribution in [1.29, 1.82) is 0 Å². The summed E-state index contributed by atoms with van der Waals surface area (Å²) in [7, 11) is 0. The van der Waals surface area contributed by atoms with Crippen LogP contribution in [0.15, 0.2) is 34.8 Å². The van der Waals surface area contributed by atoms with Gasteiger partial charge in [0.05, 0.1) is 0 Å². The van der Waals surface area contributed by atoms with E-state index in [0.29, 0.717) is 5.02 Å². The highest BCUT2D eigenvalue weighted by Crippen LogP contribution is 2.33. The van der Waals surface area contributed by atoms with E-state index in [1.807, 2.05) is 44.2 Å². The molecule has 1 N–H and O–H groups in total. The van der Waals surface area contributed by atoms with E-state index in [0.717, 1.165) is 30.3 Å². The van der Waals surface area contributed by atoms with Crippen molar-refractivity contribution >= 4 is 50.1 Å². The van der Waals surface area contributed by atoms with Crippen molar-refractivity contribution in [3.05, 3.63) is 65.7 Å². The van der Waals surface area contributed by atoms with Crippen LogP contribution in [0.1, 0.15) is 28.4 Å². The third-order valence-electron chi connectivity index (χ3n) is 3.16. The number of aryl methyl sites for hydroxylation is 2. The molecule has 1 unspecified atom stereocenters. The summed E-state index contributed by atoms with van der Waals surface area (Å²) in [6.45, 7) is 4.04. The number of aliphatic hydroxyl groups excluding tert-OH is 1. The molecule has 0 bridgehead atoms. The first kappa shape index (κ1) is 15.3. The van der Waals surface area contributed by atoms with Crippen LogP contribution in [0.25, 0.3) is 0 Å². The minimum atomic E-state index is -0.712. The summed E-state index contributed by atoms with van der Waals surface area (Å²) in [5, 5.41) is 11.2. The summed E-state index contributed by atoms with van der Waals surface area (Å²) in [4.78, 5) is 0. The predicted molar refractivity (Wildman–Crippen MR) is 91.8 cm³/mol. The summed E-state index contributed by atoms with van der Waals surface area (Å²) in [5.41, 5.74) is 3.87. The molecule has 0 radical (unpaired) electrons. The van der Waals surface area contributed by atoms with E-state index < -0.39 is 6.10 Å². The minimum Gasteiger partial charge on any atom is -0.384 e. The van der Waals surface area contributed by atoms with E-state index in [-0.39, 0.29) is 0 Å².